The van der Waals surface area contributed by atoms with Gasteiger partial charge in [0.1, 0.15) is 11.5 Å². The molecule has 0 saturated heterocycles. The lowest BCUT2D eigenvalue weighted by Crippen LogP contribution is -2.11. The lowest BCUT2D eigenvalue weighted by Gasteiger charge is -2.06. The van der Waals surface area contributed by atoms with Gasteiger partial charge in [0.2, 0.25) is 11.8 Å². The van der Waals surface area contributed by atoms with E-state index in [2.05, 4.69) is 10.6 Å². The van der Waals surface area contributed by atoms with Crippen LogP contribution in [0.15, 0.2) is 48.5 Å². The fourth-order valence-electron chi connectivity index (χ4n) is 2.81. The summed E-state index contributed by atoms with van der Waals surface area (Å²) in [6, 6.07) is 12.9. The lowest BCUT2D eigenvalue weighted by atomic mass is 10.1. The Kier molecular flexibility index (Phi) is 8.85. The van der Waals surface area contributed by atoms with E-state index >= 15 is 0 Å². The van der Waals surface area contributed by atoms with E-state index < -0.39 is 0 Å². The quantitative estimate of drug-likeness (QED) is 0.330. The number of aromatic hydroxyl groups is 2. The summed E-state index contributed by atoms with van der Waals surface area (Å²) in [6.07, 6.45) is 6.71. The Labute approximate surface area is 165 Å². The number of carbonyl (C=O) groups excluding carboxylic acids is 2. The average Bonchev–Trinajstić information content (AvgIpc) is 2.67. The molecule has 0 aromatic heterocycles. The predicted molar refractivity (Wildman–Crippen MR) is 110 cm³/mol. The molecule has 6 nitrogen and oxygen atoms in total. The highest BCUT2D eigenvalue weighted by atomic mass is 16.3. The van der Waals surface area contributed by atoms with Crippen LogP contribution < -0.4 is 10.6 Å². The Morgan fingerprint density at radius 3 is 1.25 bits per heavy atom. The van der Waals surface area contributed by atoms with E-state index in [1.54, 1.807) is 48.5 Å². The average molecular weight is 384 g/mol. The van der Waals surface area contributed by atoms with E-state index in [1.165, 1.54) is 0 Å². The molecule has 2 aromatic carbocycles. The van der Waals surface area contributed by atoms with Crippen molar-refractivity contribution in [2.75, 3.05) is 10.6 Å². The third-order valence-electron chi connectivity index (χ3n) is 4.36. The van der Waals surface area contributed by atoms with Crippen LogP contribution in [0.3, 0.4) is 0 Å². The molecule has 6 heteroatoms. The first-order valence-electron chi connectivity index (χ1n) is 9.71. The lowest BCUT2D eigenvalue weighted by molar-refractivity contribution is -0.117. The Morgan fingerprint density at radius 1 is 0.571 bits per heavy atom. The zero-order valence-corrected chi connectivity index (χ0v) is 16.0. The number of phenolic OH excluding ortho intramolecular Hbond substituents is 2. The molecule has 0 aliphatic rings. The maximum absolute atomic E-state index is 11.8. The van der Waals surface area contributed by atoms with E-state index in [4.69, 9.17) is 0 Å². The van der Waals surface area contributed by atoms with Crippen molar-refractivity contribution in [2.24, 2.45) is 0 Å². The molecular formula is C22H28N2O4. The third kappa shape index (κ3) is 8.58. The van der Waals surface area contributed by atoms with Crippen molar-refractivity contribution in [3.05, 3.63) is 48.5 Å². The minimum absolute atomic E-state index is 0.0170. The van der Waals surface area contributed by atoms with Crippen LogP contribution in [0.25, 0.3) is 0 Å². The molecule has 0 radical (unpaired) electrons. The molecule has 0 aliphatic carbocycles. The van der Waals surface area contributed by atoms with Gasteiger partial charge in [0.25, 0.3) is 0 Å². The minimum atomic E-state index is -0.0170. The number of rotatable bonds is 11. The Morgan fingerprint density at radius 2 is 0.893 bits per heavy atom. The zero-order chi connectivity index (χ0) is 20.2. The number of hydrogen-bond acceptors (Lipinski definition) is 4. The second-order valence-corrected chi connectivity index (χ2v) is 6.81. The number of carbonyl (C=O) groups is 2. The number of hydrogen-bond donors (Lipinski definition) is 4. The molecule has 0 fully saturated rings. The fraction of sp³-hybridized carbons (Fsp3) is 0.364. The van der Waals surface area contributed by atoms with Crippen LogP contribution in [0.5, 0.6) is 11.5 Å². The van der Waals surface area contributed by atoms with Gasteiger partial charge in [0, 0.05) is 24.2 Å². The molecule has 2 aromatic rings. The first-order valence-corrected chi connectivity index (χ1v) is 9.71. The SMILES string of the molecule is O=C(CCCCCCCCC(=O)Nc1ccc(O)cc1)Nc1ccc(O)cc1. The van der Waals surface area contributed by atoms with Gasteiger partial charge < -0.3 is 20.8 Å². The first kappa shape index (κ1) is 21.3. The van der Waals surface area contributed by atoms with Crippen molar-refractivity contribution in [2.45, 2.75) is 51.4 Å². The number of amides is 2. The summed E-state index contributed by atoms with van der Waals surface area (Å²) in [5.41, 5.74) is 1.38. The molecule has 0 aliphatic heterocycles. The van der Waals surface area contributed by atoms with Crippen LogP contribution in [0.4, 0.5) is 11.4 Å². The fourth-order valence-corrected chi connectivity index (χ4v) is 2.81. The summed E-state index contributed by atoms with van der Waals surface area (Å²) < 4.78 is 0. The molecule has 2 rings (SSSR count). The van der Waals surface area contributed by atoms with Crippen molar-refractivity contribution in [1.82, 2.24) is 0 Å². The van der Waals surface area contributed by atoms with Crippen LogP contribution in [0, 0.1) is 0 Å². The van der Waals surface area contributed by atoms with Gasteiger partial charge in [-0.2, -0.15) is 0 Å². The summed E-state index contributed by atoms with van der Waals surface area (Å²) in [5.74, 6) is 0.319. The summed E-state index contributed by atoms with van der Waals surface area (Å²) in [6.45, 7) is 0. The smallest absolute Gasteiger partial charge is 0.224 e. The molecule has 0 spiro atoms. The second kappa shape index (κ2) is 11.6. The van der Waals surface area contributed by atoms with Gasteiger partial charge >= 0.3 is 0 Å². The minimum Gasteiger partial charge on any atom is -0.508 e. The summed E-state index contributed by atoms with van der Waals surface area (Å²) in [7, 11) is 0. The van der Waals surface area contributed by atoms with Crippen molar-refractivity contribution < 1.29 is 19.8 Å². The summed E-state index contributed by atoms with van der Waals surface area (Å²) in [4.78, 5) is 23.7. The maximum atomic E-state index is 11.8. The van der Waals surface area contributed by atoms with Gasteiger partial charge in [-0.25, -0.2) is 0 Å². The molecule has 2 amide bonds. The van der Waals surface area contributed by atoms with Crippen molar-refractivity contribution in [1.29, 1.82) is 0 Å². The molecule has 0 atom stereocenters. The molecule has 0 heterocycles. The molecular weight excluding hydrogens is 356 g/mol. The highest BCUT2D eigenvalue weighted by Gasteiger charge is 2.04. The van der Waals surface area contributed by atoms with E-state index in [0.717, 1.165) is 38.5 Å². The summed E-state index contributed by atoms with van der Waals surface area (Å²) >= 11 is 0. The highest BCUT2D eigenvalue weighted by molar-refractivity contribution is 5.91. The monoisotopic (exact) mass is 384 g/mol. The van der Waals surface area contributed by atoms with E-state index in [1.807, 2.05) is 0 Å². The number of phenols is 2. The predicted octanol–water partition coefficient (Wildman–Crippen LogP) is 4.80. The van der Waals surface area contributed by atoms with Gasteiger partial charge in [-0.1, -0.05) is 25.7 Å². The van der Waals surface area contributed by atoms with Crippen molar-refractivity contribution in [3.63, 3.8) is 0 Å². The van der Waals surface area contributed by atoms with Crippen molar-refractivity contribution in [3.8, 4) is 11.5 Å². The largest absolute Gasteiger partial charge is 0.508 e. The molecule has 0 bridgehead atoms. The Bertz CT molecular complexity index is 677. The standard InChI is InChI=1S/C22H28N2O4/c25-19-13-9-17(10-14-19)23-21(27)7-5-3-1-2-4-6-8-22(28)24-18-11-15-20(26)16-12-18/h9-16,25-26H,1-8H2,(H,23,27)(H,24,28). The van der Waals surface area contributed by atoms with Crippen LogP contribution in [-0.4, -0.2) is 22.0 Å². The topological polar surface area (TPSA) is 98.7 Å². The van der Waals surface area contributed by atoms with E-state index in [-0.39, 0.29) is 23.3 Å². The molecule has 4 N–H and O–H groups in total. The molecule has 28 heavy (non-hydrogen) atoms. The molecule has 0 unspecified atom stereocenters. The molecule has 0 saturated carbocycles. The van der Waals surface area contributed by atoms with Crippen LogP contribution in [0.2, 0.25) is 0 Å². The first-order chi connectivity index (χ1) is 13.5. The van der Waals surface area contributed by atoms with Crippen LogP contribution in [-0.2, 0) is 9.59 Å². The van der Waals surface area contributed by atoms with Crippen LogP contribution in [0.1, 0.15) is 51.4 Å². The van der Waals surface area contributed by atoms with E-state index in [0.29, 0.717) is 24.2 Å². The Balaban J connectivity index is 1.45. The normalized spacial score (nSPS) is 10.4. The number of unbranched alkanes of at least 4 members (excludes halogenated alkanes) is 5. The van der Waals surface area contributed by atoms with Gasteiger partial charge in [-0.15, -0.1) is 0 Å². The number of benzene rings is 2. The van der Waals surface area contributed by atoms with Crippen LogP contribution >= 0.6 is 0 Å². The maximum Gasteiger partial charge on any atom is 0.224 e. The zero-order valence-electron chi connectivity index (χ0n) is 16.0. The second-order valence-electron chi connectivity index (χ2n) is 6.81. The number of anilines is 2. The molecule has 150 valence electrons. The third-order valence-corrected chi connectivity index (χ3v) is 4.36. The van der Waals surface area contributed by atoms with Gasteiger partial charge in [-0.3, -0.25) is 9.59 Å². The van der Waals surface area contributed by atoms with Crippen molar-refractivity contribution >= 4 is 23.2 Å². The van der Waals surface area contributed by atoms with Gasteiger partial charge in [-0.05, 0) is 61.4 Å². The van der Waals surface area contributed by atoms with Gasteiger partial charge in [0.05, 0.1) is 0 Å². The highest BCUT2D eigenvalue weighted by Crippen LogP contribution is 2.16. The summed E-state index contributed by atoms with van der Waals surface area (Å²) in [5, 5.41) is 24.0. The van der Waals surface area contributed by atoms with E-state index in [9.17, 15) is 19.8 Å². The number of nitrogens with one attached hydrogen (secondary N) is 2. The Hall–Kier alpha value is -3.02. The van der Waals surface area contributed by atoms with Gasteiger partial charge in [0.15, 0.2) is 0 Å².